The number of aromatic amines is 2. The summed E-state index contributed by atoms with van der Waals surface area (Å²) in [5.41, 5.74) is 1.94. The molecule has 0 amide bonds. The van der Waals surface area contributed by atoms with Gasteiger partial charge in [-0.05, 0) is 24.4 Å². The van der Waals surface area contributed by atoms with Crippen molar-refractivity contribution in [2.24, 2.45) is 0 Å². The van der Waals surface area contributed by atoms with Crippen molar-refractivity contribution in [3.8, 4) is 6.07 Å². The second kappa shape index (κ2) is 2.87. The molecule has 2 rings (SSSR count). The predicted octanol–water partition coefficient (Wildman–Crippen LogP) is 2.75. The molecule has 0 atom stereocenters. The lowest BCUT2D eigenvalue weighted by atomic mass is 10.2. The van der Waals surface area contributed by atoms with Crippen molar-refractivity contribution in [3.05, 3.63) is 27.5 Å². The summed E-state index contributed by atoms with van der Waals surface area (Å²) in [6.45, 7) is 0. The fourth-order valence-corrected chi connectivity index (χ4v) is 1.62. The van der Waals surface area contributed by atoms with Gasteiger partial charge in [-0.15, -0.1) is 0 Å². The molecule has 0 saturated heterocycles. The maximum absolute atomic E-state index is 8.70. The van der Waals surface area contributed by atoms with Gasteiger partial charge in [0.1, 0.15) is 6.07 Å². The highest BCUT2D eigenvalue weighted by Crippen LogP contribution is 2.24. The first-order valence-electron chi connectivity index (χ1n) is 3.53. The van der Waals surface area contributed by atoms with Crippen molar-refractivity contribution in [1.82, 2.24) is 9.97 Å². The third kappa shape index (κ3) is 1.22. The number of benzene rings is 1. The molecular weight excluding hydrogens is 206 g/mol. The second-order valence-electron chi connectivity index (χ2n) is 2.54. The second-order valence-corrected chi connectivity index (χ2v) is 3.33. The lowest BCUT2D eigenvalue weighted by Gasteiger charge is -1.94. The summed E-state index contributed by atoms with van der Waals surface area (Å²) < 4.78 is 0.506. The summed E-state index contributed by atoms with van der Waals surface area (Å²) in [5.74, 6) is 0. The summed E-state index contributed by atoms with van der Waals surface area (Å²) >= 11 is 10.8. The van der Waals surface area contributed by atoms with E-state index >= 15 is 0 Å². The molecule has 0 unspecified atom stereocenters. The molecular formula is C8H4ClN3S. The number of hydrogen-bond donors (Lipinski definition) is 2. The zero-order valence-corrected chi connectivity index (χ0v) is 7.96. The summed E-state index contributed by atoms with van der Waals surface area (Å²) in [7, 11) is 0. The molecule has 0 aliphatic rings. The van der Waals surface area contributed by atoms with Crippen LogP contribution in [0.2, 0.25) is 5.02 Å². The molecule has 0 aliphatic heterocycles. The van der Waals surface area contributed by atoms with Gasteiger partial charge in [0.25, 0.3) is 0 Å². The Bertz CT molecular complexity index is 561. The zero-order valence-electron chi connectivity index (χ0n) is 6.39. The third-order valence-electron chi connectivity index (χ3n) is 1.75. The van der Waals surface area contributed by atoms with Gasteiger partial charge < -0.3 is 9.97 Å². The van der Waals surface area contributed by atoms with Crippen LogP contribution in [0.4, 0.5) is 0 Å². The molecule has 0 radical (unpaired) electrons. The Labute approximate surface area is 84.0 Å². The molecule has 0 fully saturated rings. The van der Waals surface area contributed by atoms with Crippen molar-refractivity contribution in [2.75, 3.05) is 0 Å². The van der Waals surface area contributed by atoms with Gasteiger partial charge in [-0.25, -0.2) is 0 Å². The molecule has 0 aliphatic carbocycles. The summed E-state index contributed by atoms with van der Waals surface area (Å²) in [4.78, 5) is 5.79. The highest BCUT2D eigenvalue weighted by molar-refractivity contribution is 7.71. The molecule has 64 valence electrons. The summed E-state index contributed by atoms with van der Waals surface area (Å²) in [5, 5.41) is 9.11. The minimum absolute atomic E-state index is 0.410. The fourth-order valence-electron chi connectivity index (χ4n) is 1.16. The van der Waals surface area contributed by atoms with Crippen LogP contribution < -0.4 is 0 Å². The van der Waals surface area contributed by atoms with E-state index in [0.717, 1.165) is 5.52 Å². The molecule has 0 spiro atoms. The van der Waals surface area contributed by atoms with E-state index in [-0.39, 0.29) is 0 Å². The van der Waals surface area contributed by atoms with E-state index in [4.69, 9.17) is 29.1 Å². The van der Waals surface area contributed by atoms with Crippen molar-refractivity contribution >= 4 is 34.9 Å². The van der Waals surface area contributed by atoms with Gasteiger partial charge in [-0.2, -0.15) is 5.26 Å². The predicted molar refractivity (Wildman–Crippen MR) is 53.2 cm³/mol. The van der Waals surface area contributed by atoms with Crippen LogP contribution in [0.3, 0.4) is 0 Å². The van der Waals surface area contributed by atoms with Crippen molar-refractivity contribution in [3.63, 3.8) is 0 Å². The Morgan fingerprint density at radius 1 is 1.38 bits per heavy atom. The van der Waals surface area contributed by atoms with Gasteiger partial charge in [-0.1, -0.05) is 11.6 Å². The molecule has 0 bridgehead atoms. The van der Waals surface area contributed by atoms with Crippen LogP contribution in [0.5, 0.6) is 0 Å². The smallest absolute Gasteiger partial charge is 0.175 e. The number of nitriles is 1. The first-order valence-corrected chi connectivity index (χ1v) is 4.31. The van der Waals surface area contributed by atoms with E-state index in [1.54, 1.807) is 12.1 Å². The molecule has 2 aromatic rings. The number of nitrogens with one attached hydrogen (secondary N) is 2. The number of hydrogen-bond acceptors (Lipinski definition) is 2. The lowest BCUT2D eigenvalue weighted by molar-refractivity contribution is 1.30. The Balaban J connectivity index is 2.95. The minimum Gasteiger partial charge on any atom is -0.331 e. The van der Waals surface area contributed by atoms with E-state index in [0.29, 0.717) is 20.9 Å². The van der Waals surface area contributed by atoms with Crippen LogP contribution in [-0.2, 0) is 0 Å². The third-order valence-corrected chi connectivity index (χ3v) is 2.35. The SMILES string of the molecule is N#Cc1ccc2[nH]c(=S)[nH]c2c1Cl. The number of halogens is 1. The van der Waals surface area contributed by atoms with Gasteiger partial charge in [0.15, 0.2) is 4.77 Å². The van der Waals surface area contributed by atoms with Gasteiger partial charge in [-0.3, -0.25) is 0 Å². The van der Waals surface area contributed by atoms with Gasteiger partial charge in [0.2, 0.25) is 0 Å². The lowest BCUT2D eigenvalue weighted by Crippen LogP contribution is -1.78. The number of fused-ring (bicyclic) bond motifs is 1. The number of rotatable bonds is 0. The molecule has 1 aromatic heterocycles. The maximum Gasteiger partial charge on any atom is 0.175 e. The normalized spacial score (nSPS) is 10.2. The van der Waals surface area contributed by atoms with E-state index in [9.17, 15) is 0 Å². The fraction of sp³-hybridized carbons (Fsp3) is 0. The van der Waals surface area contributed by atoms with Crippen molar-refractivity contribution in [1.29, 1.82) is 5.26 Å². The monoisotopic (exact) mass is 209 g/mol. The van der Waals surface area contributed by atoms with Crippen molar-refractivity contribution < 1.29 is 0 Å². The van der Waals surface area contributed by atoms with E-state index < -0.39 is 0 Å². The molecule has 5 heteroatoms. The zero-order chi connectivity index (χ0) is 9.42. The average Bonchev–Trinajstić information content (AvgIpc) is 2.47. The largest absolute Gasteiger partial charge is 0.331 e. The van der Waals surface area contributed by atoms with Crippen LogP contribution in [0, 0.1) is 16.1 Å². The van der Waals surface area contributed by atoms with Crippen molar-refractivity contribution in [2.45, 2.75) is 0 Å². The van der Waals surface area contributed by atoms with E-state index in [2.05, 4.69) is 9.97 Å². The highest BCUT2D eigenvalue weighted by Gasteiger charge is 2.05. The molecule has 2 N–H and O–H groups in total. The number of H-pyrrole nitrogens is 2. The molecule has 0 saturated carbocycles. The summed E-state index contributed by atoms with van der Waals surface area (Å²) in [6.07, 6.45) is 0. The quantitative estimate of drug-likeness (QED) is 0.656. The van der Waals surface area contributed by atoms with Crippen LogP contribution >= 0.6 is 23.8 Å². The Morgan fingerprint density at radius 2 is 2.15 bits per heavy atom. The number of aromatic nitrogens is 2. The Morgan fingerprint density at radius 3 is 2.85 bits per heavy atom. The van der Waals surface area contributed by atoms with Crippen LogP contribution in [-0.4, -0.2) is 9.97 Å². The highest BCUT2D eigenvalue weighted by atomic mass is 35.5. The van der Waals surface area contributed by atoms with Crippen LogP contribution in [0.25, 0.3) is 11.0 Å². The topological polar surface area (TPSA) is 55.4 Å². The van der Waals surface area contributed by atoms with Crippen LogP contribution in [0.15, 0.2) is 12.1 Å². The van der Waals surface area contributed by atoms with Crippen LogP contribution in [0.1, 0.15) is 5.56 Å². The van der Waals surface area contributed by atoms with E-state index in [1.807, 2.05) is 6.07 Å². The Kier molecular flexibility index (Phi) is 1.83. The first kappa shape index (κ1) is 8.30. The molecule has 3 nitrogen and oxygen atoms in total. The van der Waals surface area contributed by atoms with Gasteiger partial charge in [0.05, 0.1) is 21.6 Å². The summed E-state index contributed by atoms with van der Waals surface area (Å²) in [6, 6.07) is 5.42. The first-order chi connectivity index (χ1) is 6.22. The number of nitrogens with zero attached hydrogens (tertiary/aromatic N) is 1. The van der Waals surface area contributed by atoms with Gasteiger partial charge >= 0.3 is 0 Å². The molecule has 1 aromatic carbocycles. The number of imidazole rings is 1. The molecule has 13 heavy (non-hydrogen) atoms. The molecule has 1 heterocycles. The van der Waals surface area contributed by atoms with E-state index in [1.165, 1.54) is 0 Å². The Hall–Kier alpha value is -1.31. The van der Waals surface area contributed by atoms with Gasteiger partial charge in [0, 0.05) is 0 Å². The average molecular weight is 210 g/mol. The minimum atomic E-state index is 0.410. The maximum atomic E-state index is 8.70. The standard InChI is InChI=1S/C8H4ClN3S/c9-6-4(3-10)1-2-5-7(6)12-8(13)11-5/h1-2H,(H2,11,12,13).